The van der Waals surface area contributed by atoms with Crippen molar-refractivity contribution in [3.63, 3.8) is 0 Å². The van der Waals surface area contributed by atoms with E-state index in [2.05, 4.69) is 29.3 Å². The van der Waals surface area contributed by atoms with Gasteiger partial charge in [-0.2, -0.15) is 10.2 Å². The molecule has 3 rings (SSSR count). The minimum absolute atomic E-state index is 0.477. The molecular formula is C20H17ClN2O. The molecule has 0 bridgehead atoms. The van der Waals surface area contributed by atoms with Crippen LogP contribution in [0.25, 0.3) is 0 Å². The summed E-state index contributed by atoms with van der Waals surface area (Å²) in [5, 5.41) is 8.89. The van der Waals surface area contributed by atoms with E-state index in [0.717, 1.165) is 11.3 Å². The number of rotatable bonds is 5. The molecule has 0 heterocycles. The molecular weight excluding hydrogens is 320 g/mol. The zero-order chi connectivity index (χ0) is 16.8. The molecule has 3 aromatic rings. The van der Waals surface area contributed by atoms with Gasteiger partial charge in [0, 0.05) is 0 Å². The van der Waals surface area contributed by atoms with Crippen LogP contribution in [0.3, 0.4) is 0 Å². The van der Waals surface area contributed by atoms with Crippen LogP contribution in [0, 0.1) is 6.92 Å². The number of hydrogen-bond acceptors (Lipinski definition) is 3. The Morgan fingerprint density at radius 1 is 0.833 bits per heavy atom. The van der Waals surface area contributed by atoms with Crippen molar-refractivity contribution < 1.29 is 4.74 Å². The summed E-state index contributed by atoms with van der Waals surface area (Å²) >= 11 is 6.28. The molecule has 3 nitrogen and oxygen atoms in total. The second-order valence-electron chi connectivity index (χ2n) is 5.42. The first-order chi connectivity index (χ1) is 11.7. The maximum Gasteiger partial charge on any atom is 0.138 e. The lowest BCUT2D eigenvalue weighted by molar-refractivity contribution is 0.306. The lowest BCUT2D eigenvalue weighted by Crippen LogP contribution is -1.95. The topological polar surface area (TPSA) is 34.0 Å². The molecule has 0 fully saturated rings. The molecule has 0 atom stereocenters. The molecule has 0 aliphatic rings. The fraction of sp³-hybridized carbons (Fsp3) is 0.100. The highest BCUT2D eigenvalue weighted by Crippen LogP contribution is 2.30. The second kappa shape index (κ2) is 7.75. The van der Waals surface area contributed by atoms with Crippen molar-refractivity contribution in [3.05, 3.63) is 88.9 Å². The van der Waals surface area contributed by atoms with E-state index in [1.54, 1.807) is 6.07 Å². The lowest BCUT2D eigenvalue weighted by atomic mass is 10.2. The number of azo groups is 1. The van der Waals surface area contributed by atoms with E-state index in [0.29, 0.717) is 23.1 Å². The molecule has 0 saturated heterocycles. The van der Waals surface area contributed by atoms with Gasteiger partial charge in [-0.1, -0.05) is 59.6 Å². The first kappa shape index (κ1) is 16.2. The van der Waals surface area contributed by atoms with Crippen LogP contribution >= 0.6 is 11.6 Å². The van der Waals surface area contributed by atoms with Crippen LogP contribution in [-0.4, -0.2) is 0 Å². The highest BCUT2D eigenvalue weighted by atomic mass is 35.5. The van der Waals surface area contributed by atoms with E-state index in [9.17, 15) is 0 Å². The lowest BCUT2D eigenvalue weighted by Gasteiger charge is -2.08. The Balaban J connectivity index is 1.66. The van der Waals surface area contributed by atoms with Gasteiger partial charge in [-0.15, -0.1) is 0 Å². The van der Waals surface area contributed by atoms with Gasteiger partial charge in [-0.25, -0.2) is 0 Å². The third-order valence-electron chi connectivity index (χ3n) is 3.47. The molecule has 3 aromatic carbocycles. The van der Waals surface area contributed by atoms with Gasteiger partial charge in [0.25, 0.3) is 0 Å². The van der Waals surface area contributed by atoms with Gasteiger partial charge in [-0.3, -0.25) is 0 Å². The van der Waals surface area contributed by atoms with Gasteiger partial charge in [-0.05, 0) is 42.8 Å². The van der Waals surface area contributed by atoms with Crippen LogP contribution in [-0.2, 0) is 6.61 Å². The first-order valence-electron chi connectivity index (χ1n) is 7.65. The molecule has 0 amide bonds. The molecule has 0 radical (unpaired) electrons. The summed E-state index contributed by atoms with van der Waals surface area (Å²) in [6.07, 6.45) is 0. The van der Waals surface area contributed by atoms with Gasteiger partial charge in [0.05, 0.1) is 16.4 Å². The molecule has 0 aromatic heterocycles. The third kappa shape index (κ3) is 4.43. The Bertz CT molecular complexity index is 830. The van der Waals surface area contributed by atoms with E-state index in [-0.39, 0.29) is 0 Å². The van der Waals surface area contributed by atoms with Crippen LogP contribution in [0.1, 0.15) is 11.1 Å². The van der Waals surface area contributed by atoms with Crippen LogP contribution in [0.5, 0.6) is 5.75 Å². The van der Waals surface area contributed by atoms with Crippen LogP contribution < -0.4 is 4.74 Å². The van der Waals surface area contributed by atoms with Crippen molar-refractivity contribution in [2.45, 2.75) is 13.5 Å². The Kier molecular flexibility index (Phi) is 5.24. The van der Waals surface area contributed by atoms with Gasteiger partial charge >= 0.3 is 0 Å². The molecule has 4 heteroatoms. The Hall–Kier alpha value is -2.65. The van der Waals surface area contributed by atoms with Gasteiger partial charge in [0.2, 0.25) is 0 Å². The predicted octanol–water partition coefficient (Wildman–Crippen LogP) is 6.64. The monoisotopic (exact) mass is 336 g/mol. The molecule has 120 valence electrons. The number of ether oxygens (including phenoxy) is 1. The molecule has 24 heavy (non-hydrogen) atoms. The maximum absolute atomic E-state index is 6.28. The van der Waals surface area contributed by atoms with E-state index in [1.165, 1.54) is 5.56 Å². The van der Waals surface area contributed by atoms with E-state index < -0.39 is 0 Å². The van der Waals surface area contributed by atoms with Crippen molar-refractivity contribution in [2.24, 2.45) is 10.2 Å². The number of hydrogen-bond donors (Lipinski definition) is 0. The average molecular weight is 337 g/mol. The summed E-state index contributed by atoms with van der Waals surface area (Å²) in [6, 6.07) is 23.2. The SMILES string of the molecule is Cc1ccc(COc2ccc(N=Nc3ccccc3)cc2Cl)cc1. The van der Waals surface area contributed by atoms with Crippen LogP contribution in [0.2, 0.25) is 5.02 Å². The summed E-state index contributed by atoms with van der Waals surface area (Å²) in [5.74, 6) is 0.635. The van der Waals surface area contributed by atoms with Crippen molar-refractivity contribution in [2.75, 3.05) is 0 Å². The summed E-state index contributed by atoms with van der Waals surface area (Å²) in [7, 11) is 0. The standard InChI is InChI=1S/C20H17ClN2O/c1-15-7-9-16(10-8-15)14-24-20-12-11-18(13-19(20)21)23-22-17-5-3-2-4-6-17/h2-13H,14H2,1H3. The molecule has 0 spiro atoms. The summed E-state index contributed by atoms with van der Waals surface area (Å²) in [5.41, 5.74) is 3.81. The smallest absolute Gasteiger partial charge is 0.138 e. The minimum atomic E-state index is 0.477. The summed E-state index contributed by atoms with van der Waals surface area (Å²) in [6.45, 7) is 2.54. The van der Waals surface area contributed by atoms with Gasteiger partial charge in [0.15, 0.2) is 0 Å². The van der Waals surface area contributed by atoms with Gasteiger partial charge in [0.1, 0.15) is 12.4 Å². The Labute approximate surface area is 146 Å². The molecule has 0 aliphatic carbocycles. The van der Waals surface area contributed by atoms with Crippen molar-refractivity contribution >= 4 is 23.0 Å². The number of benzene rings is 3. The molecule has 0 saturated carbocycles. The molecule has 0 aliphatic heterocycles. The van der Waals surface area contributed by atoms with Crippen LogP contribution in [0.15, 0.2) is 83.0 Å². The summed E-state index contributed by atoms with van der Waals surface area (Å²) in [4.78, 5) is 0. The Morgan fingerprint density at radius 2 is 1.54 bits per heavy atom. The highest BCUT2D eigenvalue weighted by Gasteiger charge is 2.04. The quantitative estimate of drug-likeness (QED) is 0.480. The van der Waals surface area contributed by atoms with Crippen molar-refractivity contribution in [1.82, 2.24) is 0 Å². The fourth-order valence-corrected chi connectivity index (χ4v) is 2.35. The number of halogens is 1. The normalized spacial score (nSPS) is 10.9. The predicted molar refractivity (Wildman–Crippen MR) is 97.6 cm³/mol. The molecule has 0 unspecified atom stereocenters. The summed E-state index contributed by atoms with van der Waals surface area (Å²) < 4.78 is 5.78. The van der Waals surface area contributed by atoms with E-state index in [4.69, 9.17) is 16.3 Å². The van der Waals surface area contributed by atoms with Crippen LogP contribution in [0.4, 0.5) is 11.4 Å². The van der Waals surface area contributed by atoms with Crippen molar-refractivity contribution in [1.29, 1.82) is 0 Å². The molecule has 0 N–H and O–H groups in total. The second-order valence-corrected chi connectivity index (χ2v) is 5.83. The van der Waals surface area contributed by atoms with Gasteiger partial charge < -0.3 is 4.74 Å². The zero-order valence-electron chi connectivity index (χ0n) is 13.3. The maximum atomic E-state index is 6.28. The minimum Gasteiger partial charge on any atom is -0.487 e. The Morgan fingerprint density at radius 3 is 2.25 bits per heavy atom. The average Bonchev–Trinajstić information content (AvgIpc) is 2.61. The first-order valence-corrected chi connectivity index (χ1v) is 8.03. The number of aryl methyl sites for hydroxylation is 1. The third-order valence-corrected chi connectivity index (χ3v) is 3.76. The largest absolute Gasteiger partial charge is 0.487 e. The fourth-order valence-electron chi connectivity index (χ4n) is 2.12. The van der Waals surface area contributed by atoms with E-state index in [1.807, 2.05) is 54.6 Å². The number of nitrogens with zero attached hydrogens (tertiary/aromatic N) is 2. The van der Waals surface area contributed by atoms with E-state index >= 15 is 0 Å². The van der Waals surface area contributed by atoms with Crippen molar-refractivity contribution in [3.8, 4) is 5.75 Å². The zero-order valence-corrected chi connectivity index (χ0v) is 14.1. The highest BCUT2D eigenvalue weighted by molar-refractivity contribution is 6.32.